The van der Waals surface area contributed by atoms with E-state index < -0.39 is 5.60 Å². The van der Waals surface area contributed by atoms with Crippen molar-refractivity contribution < 1.29 is 23.5 Å². The van der Waals surface area contributed by atoms with E-state index in [-0.39, 0.29) is 29.3 Å². The first kappa shape index (κ1) is 30.8. The number of carbonyl (C=O) groups excluding carboxylic acids is 2. The molecule has 1 spiro atoms. The third-order valence-corrected chi connectivity index (χ3v) is 8.78. The SMILES string of the molecule is C[C@@H](NC(=O)c1cncc(N2CCOCC2)c1)c1ccc(C(=C2CC3(C2)CN(C(=O)OC(C)(C)C)C3)c2ccc(F)cc2)cc1. The summed E-state index contributed by atoms with van der Waals surface area (Å²) in [5.41, 5.74) is 6.38. The number of nitrogens with zero attached hydrogens (tertiary/aromatic N) is 3. The standard InChI is InChI=1S/C36H41FN4O4/c1-24(39-33(42)28-17-31(21-38-20-28)40-13-15-44-16-14-40)25-5-7-26(8-6-25)32(27-9-11-30(37)12-10-27)29-18-36(19-29)22-41(23-36)34(43)45-35(2,3)4/h5-12,17,20-21,24H,13-16,18-19,22-23H2,1-4H3,(H,39,42)/t24-/m1/s1. The van der Waals surface area contributed by atoms with Crippen LogP contribution in [0.4, 0.5) is 14.9 Å². The molecule has 1 aliphatic carbocycles. The van der Waals surface area contributed by atoms with Gasteiger partial charge in [0.1, 0.15) is 11.4 Å². The molecule has 3 fully saturated rings. The Hall–Kier alpha value is -4.24. The van der Waals surface area contributed by atoms with Crippen LogP contribution in [0.25, 0.3) is 5.57 Å². The molecular weight excluding hydrogens is 571 g/mol. The van der Waals surface area contributed by atoms with Crippen molar-refractivity contribution in [3.05, 3.63) is 101 Å². The predicted molar refractivity (Wildman–Crippen MR) is 171 cm³/mol. The van der Waals surface area contributed by atoms with E-state index in [2.05, 4.69) is 27.3 Å². The number of amides is 2. The summed E-state index contributed by atoms with van der Waals surface area (Å²) in [4.78, 5) is 33.9. The van der Waals surface area contributed by atoms with Crippen molar-refractivity contribution >= 4 is 23.3 Å². The van der Waals surface area contributed by atoms with Gasteiger partial charge >= 0.3 is 6.09 Å². The number of rotatable bonds is 6. The molecule has 1 atom stereocenters. The van der Waals surface area contributed by atoms with Crippen molar-refractivity contribution in [3.63, 3.8) is 0 Å². The quantitative estimate of drug-likeness (QED) is 0.348. The summed E-state index contributed by atoms with van der Waals surface area (Å²) >= 11 is 0. The minimum absolute atomic E-state index is 0.0736. The van der Waals surface area contributed by atoms with Gasteiger partial charge in [-0.3, -0.25) is 9.78 Å². The van der Waals surface area contributed by atoms with Crippen LogP contribution in [0.15, 0.2) is 72.6 Å². The zero-order valence-electron chi connectivity index (χ0n) is 26.4. The number of hydrogen-bond acceptors (Lipinski definition) is 6. The maximum absolute atomic E-state index is 13.8. The summed E-state index contributed by atoms with van der Waals surface area (Å²) in [7, 11) is 0. The molecule has 1 saturated carbocycles. The smallest absolute Gasteiger partial charge is 0.410 e. The fourth-order valence-corrected chi connectivity index (χ4v) is 6.51. The van der Waals surface area contributed by atoms with Crippen molar-refractivity contribution in [2.45, 2.75) is 52.2 Å². The van der Waals surface area contributed by atoms with Gasteiger partial charge < -0.3 is 24.6 Å². The number of allylic oxidation sites excluding steroid dienone is 1. The third-order valence-electron chi connectivity index (χ3n) is 8.78. The van der Waals surface area contributed by atoms with Crippen molar-refractivity contribution in [2.24, 2.45) is 5.41 Å². The minimum Gasteiger partial charge on any atom is -0.444 e. The van der Waals surface area contributed by atoms with Gasteiger partial charge in [-0.05, 0) is 81.0 Å². The van der Waals surface area contributed by atoms with Crippen molar-refractivity contribution in [1.29, 1.82) is 0 Å². The number of halogens is 1. The molecule has 2 saturated heterocycles. The van der Waals surface area contributed by atoms with Gasteiger partial charge in [0.2, 0.25) is 0 Å². The molecule has 3 heterocycles. The molecule has 8 nitrogen and oxygen atoms in total. The first-order valence-electron chi connectivity index (χ1n) is 15.6. The van der Waals surface area contributed by atoms with Crippen LogP contribution in [-0.4, -0.2) is 66.9 Å². The van der Waals surface area contributed by atoms with Crippen molar-refractivity contribution in [2.75, 3.05) is 44.3 Å². The highest BCUT2D eigenvalue weighted by Crippen LogP contribution is 2.55. The first-order valence-corrected chi connectivity index (χ1v) is 15.6. The highest BCUT2D eigenvalue weighted by molar-refractivity contribution is 5.95. The number of morpholine rings is 1. The van der Waals surface area contributed by atoms with E-state index in [1.807, 2.05) is 58.0 Å². The van der Waals surface area contributed by atoms with Gasteiger partial charge in [0.15, 0.2) is 0 Å². The Kier molecular flexibility index (Phi) is 8.39. The minimum atomic E-state index is -0.516. The van der Waals surface area contributed by atoms with Crippen LogP contribution in [-0.2, 0) is 9.47 Å². The van der Waals surface area contributed by atoms with Crippen LogP contribution in [0.2, 0.25) is 0 Å². The number of ether oxygens (including phenoxy) is 2. The van der Waals surface area contributed by atoms with Crippen LogP contribution >= 0.6 is 0 Å². The Balaban J connectivity index is 1.15. The van der Waals surface area contributed by atoms with Gasteiger partial charge in [0, 0.05) is 37.8 Å². The number of likely N-dealkylation sites (tertiary alicyclic amines) is 1. The molecule has 0 radical (unpaired) electrons. The molecule has 236 valence electrons. The zero-order valence-corrected chi connectivity index (χ0v) is 26.4. The summed E-state index contributed by atoms with van der Waals surface area (Å²) < 4.78 is 24.8. The van der Waals surface area contributed by atoms with E-state index in [1.165, 1.54) is 17.7 Å². The van der Waals surface area contributed by atoms with E-state index in [9.17, 15) is 14.0 Å². The molecule has 2 amide bonds. The number of hydrogen-bond donors (Lipinski definition) is 1. The normalized spacial score (nSPS) is 18.1. The molecule has 3 aliphatic rings. The second-order valence-electron chi connectivity index (χ2n) is 13.5. The Bertz CT molecular complexity index is 1570. The molecule has 0 unspecified atom stereocenters. The number of aromatic nitrogens is 1. The van der Waals surface area contributed by atoms with Crippen LogP contribution < -0.4 is 10.2 Å². The Morgan fingerprint density at radius 1 is 0.956 bits per heavy atom. The number of anilines is 1. The lowest BCUT2D eigenvalue weighted by Gasteiger charge is -2.57. The van der Waals surface area contributed by atoms with E-state index in [4.69, 9.17) is 9.47 Å². The average Bonchev–Trinajstić information content (AvgIpc) is 2.98. The second-order valence-corrected chi connectivity index (χ2v) is 13.5. The van der Waals surface area contributed by atoms with E-state index in [0.717, 1.165) is 53.9 Å². The number of nitrogens with one attached hydrogen (secondary N) is 1. The fraction of sp³-hybridized carbons (Fsp3) is 0.417. The van der Waals surface area contributed by atoms with Gasteiger partial charge in [0.05, 0.1) is 36.7 Å². The van der Waals surface area contributed by atoms with E-state index >= 15 is 0 Å². The third kappa shape index (κ3) is 6.88. The maximum atomic E-state index is 13.8. The van der Waals surface area contributed by atoms with Crippen LogP contribution in [0.1, 0.15) is 73.6 Å². The summed E-state index contributed by atoms with van der Waals surface area (Å²) in [5, 5.41) is 3.11. The molecular formula is C36H41FN4O4. The average molecular weight is 613 g/mol. The number of carbonyl (C=O) groups is 2. The van der Waals surface area contributed by atoms with Crippen molar-refractivity contribution in [3.8, 4) is 0 Å². The van der Waals surface area contributed by atoms with Crippen LogP contribution in [0, 0.1) is 11.2 Å². The summed E-state index contributed by atoms with van der Waals surface area (Å²) in [6.45, 7) is 11.8. The lowest BCUT2D eigenvalue weighted by Crippen LogP contribution is -2.62. The summed E-state index contributed by atoms with van der Waals surface area (Å²) in [6.07, 6.45) is 4.87. The van der Waals surface area contributed by atoms with Gasteiger partial charge in [-0.15, -0.1) is 0 Å². The summed E-state index contributed by atoms with van der Waals surface area (Å²) in [6, 6.07) is 16.5. The molecule has 3 aromatic rings. The highest BCUT2D eigenvalue weighted by atomic mass is 19.1. The van der Waals surface area contributed by atoms with Gasteiger partial charge in [-0.2, -0.15) is 0 Å². The lowest BCUT2D eigenvalue weighted by atomic mass is 9.59. The molecule has 2 aliphatic heterocycles. The Morgan fingerprint density at radius 3 is 2.20 bits per heavy atom. The molecule has 1 N–H and O–H groups in total. The first-order chi connectivity index (χ1) is 21.5. The maximum Gasteiger partial charge on any atom is 0.410 e. The molecule has 6 rings (SSSR count). The fourth-order valence-electron chi connectivity index (χ4n) is 6.51. The molecule has 2 aromatic carbocycles. The molecule has 0 bridgehead atoms. The van der Waals surface area contributed by atoms with E-state index in [1.54, 1.807) is 17.3 Å². The van der Waals surface area contributed by atoms with Crippen LogP contribution in [0.5, 0.6) is 0 Å². The monoisotopic (exact) mass is 612 g/mol. The van der Waals surface area contributed by atoms with Crippen LogP contribution in [0.3, 0.4) is 0 Å². The Morgan fingerprint density at radius 2 is 1.58 bits per heavy atom. The van der Waals surface area contributed by atoms with Gasteiger partial charge in [-0.25, -0.2) is 9.18 Å². The van der Waals surface area contributed by atoms with Gasteiger partial charge in [-0.1, -0.05) is 42.0 Å². The molecule has 9 heteroatoms. The van der Waals surface area contributed by atoms with E-state index in [0.29, 0.717) is 31.9 Å². The number of benzene rings is 2. The highest BCUT2D eigenvalue weighted by Gasteiger charge is 2.53. The predicted octanol–water partition coefficient (Wildman–Crippen LogP) is 6.38. The zero-order chi connectivity index (χ0) is 31.8. The lowest BCUT2D eigenvalue weighted by molar-refractivity contribution is -0.0500. The number of pyridine rings is 1. The van der Waals surface area contributed by atoms with Gasteiger partial charge in [0.25, 0.3) is 5.91 Å². The second kappa shape index (κ2) is 12.3. The Labute approximate surface area is 264 Å². The molecule has 45 heavy (non-hydrogen) atoms. The van der Waals surface area contributed by atoms with Crippen molar-refractivity contribution in [1.82, 2.24) is 15.2 Å². The summed E-state index contributed by atoms with van der Waals surface area (Å²) in [5.74, 6) is -0.449. The molecule has 1 aromatic heterocycles. The largest absolute Gasteiger partial charge is 0.444 e. The topological polar surface area (TPSA) is 84.0 Å².